The zero-order chi connectivity index (χ0) is 15.1. The van der Waals surface area contributed by atoms with Crippen molar-refractivity contribution in [1.29, 1.82) is 0 Å². The van der Waals surface area contributed by atoms with Gasteiger partial charge < -0.3 is 4.90 Å². The Hall–Kier alpha value is -1.42. The molecule has 21 heavy (non-hydrogen) atoms. The lowest BCUT2D eigenvalue weighted by molar-refractivity contribution is -0.141. The number of nitrogens with zero attached hydrogens (tertiary/aromatic N) is 2. The van der Waals surface area contributed by atoms with Crippen LogP contribution < -0.4 is 0 Å². The van der Waals surface area contributed by atoms with Gasteiger partial charge in [0.1, 0.15) is 0 Å². The van der Waals surface area contributed by atoms with Gasteiger partial charge in [-0.15, -0.1) is 0 Å². The van der Waals surface area contributed by atoms with Crippen molar-refractivity contribution in [3.8, 4) is 0 Å². The molecule has 3 aliphatic rings. The third-order valence-electron chi connectivity index (χ3n) is 5.41. The molecule has 0 unspecified atom stereocenters. The standard InChI is InChI=1S/C17H24N2O2/c1-18(2)12-7-13-19-14(20)16-8-3-4-9-17(16,15(19)21)11-6-5-10-16/h3-6H,7-13H2,1-2H3. The minimum atomic E-state index is -0.494. The molecule has 1 saturated heterocycles. The van der Waals surface area contributed by atoms with E-state index in [-0.39, 0.29) is 11.8 Å². The fourth-order valence-corrected chi connectivity index (χ4v) is 4.20. The zero-order valence-corrected chi connectivity index (χ0v) is 13.0. The van der Waals surface area contributed by atoms with Crippen LogP contribution in [0.2, 0.25) is 0 Å². The van der Waals surface area contributed by atoms with Gasteiger partial charge in [-0.3, -0.25) is 14.5 Å². The molecule has 2 amide bonds. The van der Waals surface area contributed by atoms with E-state index in [4.69, 9.17) is 0 Å². The minimum Gasteiger partial charge on any atom is -0.309 e. The topological polar surface area (TPSA) is 40.6 Å². The number of allylic oxidation sites excluding steroid dienone is 4. The van der Waals surface area contributed by atoms with Crippen molar-refractivity contribution in [3.63, 3.8) is 0 Å². The van der Waals surface area contributed by atoms with Crippen LogP contribution in [0.15, 0.2) is 24.3 Å². The van der Waals surface area contributed by atoms with E-state index in [9.17, 15) is 9.59 Å². The molecule has 1 aliphatic heterocycles. The summed E-state index contributed by atoms with van der Waals surface area (Å²) in [6.45, 7) is 1.45. The molecule has 2 aliphatic carbocycles. The number of carbonyl (C=O) groups is 2. The molecule has 0 aromatic heterocycles. The van der Waals surface area contributed by atoms with Gasteiger partial charge in [0.15, 0.2) is 0 Å². The van der Waals surface area contributed by atoms with Crippen molar-refractivity contribution in [2.75, 3.05) is 27.2 Å². The third-order valence-corrected chi connectivity index (χ3v) is 5.41. The average molecular weight is 288 g/mol. The quantitative estimate of drug-likeness (QED) is 0.587. The van der Waals surface area contributed by atoms with Crippen LogP contribution in [0.1, 0.15) is 32.1 Å². The minimum absolute atomic E-state index is 0.0694. The van der Waals surface area contributed by atoms with Crippen molar-refractivity contribution in [3.05, 3.63) is 24.3 Å². The van der Waals surface area contributed by atoms with Gasteiger partial charge in [-0.1, -0.05) is 24.3 Å². The van der Waals surface area contributed by atoms with Crippen molar-refractivity contribution in [2.45, 2.75) is 32.1 Å². The van der Waals surface area contributed by atoms with Crippen LogP contribution in [-0.4, -0.2) is 48.8 Å². The van der Waals surface area contributed by atoms with Gasteiger partial charge in [0, 0.05) is 6.54 Å². The van der Waals surface area contributed by atoms with E-state index >= 15 is 0 Å². The van der Waals surface area contributed by atoms with Crippen molar-refractivity contribution < 1.29 is 9.59 Å². The van der Waals surface area contributed by atoms with E-state index in [0.717, 1.165) is 13.0 Å². The lowest BCUT2D eigenvalue weighted by atomic mass is 9.54. The van der Waals surface area contributed by atoms with Gasteiger partial charge >= 0.3 is 0 Å². The Balaban J connectivity index is 1.88. The lowest BCUT2D eigenvalue weighted by Gasteiger charge is -2.44. The van der Waals surface area contributed by atoms with Crippen molar-refractivity contribution in [1.82, 2.24) is 9.80 Å². The van der Waals surface area contributed by atoms with E-state index in [2.05, 4.69) is 29.2 Å². The number of amides is 2. The van der Waals surface area contributed by atoms with E-state index in [1.165, 1.54) is 0 Å². The number of hydrogen-bond acceptors (Lipinski definition) is 3. The first-order valence-corrected chi connectivity index (χ1v) is 7.85. The molecule has 0 aromatic rings. The average Bonchev–Trinajstić information content (AvgIpc) is 2.67. The molecule has 0 radical (unpaired) electrons. The first-order valence-electron chi connectivity index (χ1n) is 7.85. The van der Waals surface area contributed by atoms with Crippen LogP contribution in [0, 0.1) is 10.8 Å². The Bertz CT molecular complexity index is 463. The van der Waals surface area contributed by atoms with Gasteiger partial charge in [-0.05, 0) is 52.7 Å². The molecule has 0 spiro atoms. The first kappa shape index (κ1) is 14.5. The number of imide groups is 1. The predicted molar refractivity (Wildman–Crippen MR) is 81.5 cm³/mol. The highest BCUT2D eigenvalue weighted by Gasteiger charge is 2.68. The van der Waals surface area contributed by atoms with E-state index in [1.54, 1.807) is 4.90 Å². The van der Waals surface area contributed by atoms with E-state index in [1.807, 2.05) is 14.1 Å². The SMILES string of the molecule is CN(C)CCCN1C(=O)C23CC=CCC2(CC=CC3)C1=O. The maximum Gasteiger partial charge on any atom is 0.237 e. The molecule has 0 aromatic carbocycles. The maximum absolute atomic E-state index is 13.0. The molecule has 1 heterocycles. The molecular weight excluding hydrogens is 264 g/mol. The predicted octanol–water partition coefficient (Wildman–Crippen LogP) is 1.98. The summed E-state index contributed by atoms with van der Waals surface area (Å²) in [5, 5.41) is 0. The molecule has 4 heteroatoms. The molecule has 0 saturated carbocycles. The molecule has 0 N–H and O–H groups in total. The van der Waals surface area contributed by atoms with Crippen LogP contribution in [-0.2, 0) is 9.59 Å². The van der Waals surface area contributed by atoms with Gasteiger partial charge in [0.25, 0.3) is 0 Å². The van der Waals surface area contributed by atoms with E-state index < -0.39 is 10.8 Å². The van der Waals surface area contributed by atoms with Crippen molar-refractivity contribution in [2.24, 2.45) is 10.8 Å². The first-order chi connectivity index (χ1) is 10.0. The Labute approximate surface area is 126 Å². The summed E-state index contributed by atoms with van der Waals surface area (Å²) >= 11 is 0. The van der Waals surface area contributed by atoms with Gasteiger partial charge in [0.2, 0.25) is 11.8 Å². The number of likely N-dealkylation sites (tertiary alicyclic amines) is 1. The monoisotopic (exact) mass is 288 g/mol. The number of carbonyl (C=O) groups excluding carboxylic acids is 2. The Kier molecular flexibility index (Phi) is 3.52. The molecular formula is C17H24N2O2. The van der Waals surface area contributed by atoms with Crippen LogP contribution in [0.25, 0.3) is 0 Å². The highest BCUT2D eigenvalue weighted by atomic mass is 16.2. The summed E-state index contributed by atoms with van der Waals surface area (Å²) < 4.78 is 0. The summed E-state index contributed by atoms with van der Waals surface area (Å²) in [7, 11) is 4.02. The number of rotatable bonds is 4. The van der Waals surface area contributed by atoms with E-state index in [0.29, 0.717) is 32.2 Å². The second kappa shape index (κ2) is 5.09. The number of hydrogen-bond donors (Lipinski definition) is 0. The zero-order valence-electron chi connectivity index (χ0n) is 13.0. The summed E-state index contributed by atoms with van der Waals surface area (Å²) in [5.41, 5.74) is -0.989. The summed E-state index contributed by atoms with van der Waals surface area (Å²) in [4.78, 5) is 29.6. The van der Waals surface area contributed by atoms with Crippen LogP contribution in [0.5, 0.6) is 0 Å². The van der Waals surface area contributed by atoms with Crippen LogP contribution in [0.4, 0.5) is 0 Å². The fourth-order valence-electron chi connectivity index (χ4n) is 4.20. The highest BCUT2D eigenvalue weighted by molar-refractivity contribution is 6.10. The smallest absolute Gasteiger partial charge is 0.237 e. The summed E-state index contributed by atoms with van der Waals surface area (Å²) in [5.74, 6) is 0.139. The summed E-state index contributed by atoms with van der Waals surface area (Å²) in [6, 6.07) is 0. The molecule has 114 valence electrons. The van der Waals surface area contributed by atoms with Crippen LogP contribution >= 0.6 is 0 Å². The lowest BCUT2D eigenvalue weighted by Crippen LogP contribution is -2.46. The fraction of sp³-hybridized carbons (Fsp3) is 0.647. The summed E-state index contributed by atoms with van der Waals surface area (Å²) in [6.07, 6.45) is 12.1. The Morgan fingerprint density at radius 1 is 0.952 bits per heavy atom. The van der Waals surface area contributed by atoms with Gasteiger partial charge in [0.05, 0.1) is 10.8 Å². The maximum atomic E-state index is 13.0. The third kappa shape index (κ3) is 1.92. The Morgan fingerprint density at radius 2 is 1.38 bits per heavy atom. The molecule has 3 rings (SSSR count). The molecule has 0 bridgehead atoms. The molecule has 0 atom stereocenters. The van der Waals surface area contributed by atoms with Gasteiger partial charge in [-0.25, -0.2) is 0 Å². The molecule has 4 nitrogen and oxygen atoms in total. The van der Waals surface area contributed by atoms with Gasteiger partial charge in [-0.2, -0.15) is 0 Å². The second-order valence-electron chi connectivity index (χ2n) is 6.84. The largest absolute Gasteiger partial charge is 0.309 e. The second-order valence-corrected chi connectivity index (χ2v) is 6.84. The Morgan fingerprint density at radius 3 is 1.76 bits per heavy atom. The van der Waals surface area contributed by atoms with Crippen LogP contribution in [0.3, 0.4) is 0 Å². The van der Waals surface area contributed by atoms with Crippen molar-refractivity contribution >= 4 is 11.8 Å². The normalized spacial score (nSPS) is 34.5. The highest BCUT2D eigenvalue weighted by Crippen LogP contribution is 2.61. The molecule has 1 fully saturated rings.